The Morgan fingerprint density at radius 3 is 2.29 bits per heavy atom. The lowest BCUT2D eigenvalue weighted by atomic mass is 10.0. The summed E-state index contributed by atoms with van der Waals surface area (Å²) in [6.45, 7) is 7.11. The molecule has 2 aromatic rings. The summed E-state index contributed by atoms with van der Waals surface area (Å²) < 4.78 is 6.52. The zero-order chi connectivity index (χ0) is 21.0. The fraction of sp³-hybridized carbons (Fsp3) is 0.400. The molecule has 0 aliphatic carbocycles. The topological polar surface area (TPSA) is 119 Å². The molecule has 8 heteroatoms. The van der Waals surface area contributed by atoms with Crippen molar-refractivity contribution < 1.29 is 29.3 Å². The monoisotopic (exact) mass is 388 g/mol. The van der Waals surface area contributed by atoms with Crippen LogP contribution in [0.5, 0.6) is 0 Å². The van der Waals surface area contributed by atoms with E-state index in [0.717, 1.165) is 0 Å². The van der Waals surface area contributed by atoms with Gasteiger partial charge in [0.05, 0.1) is 29.1 Å². The van der Waals surface area contributed by atoms with Crippen LogP contribution in [0.4, 0.5) is 0 Å². The molecule has 0 fully saturated rings. The Labute approximate surface area is 162 Å². The van der Waals surface area contributed by atoms with Gasteiger partial charge in [0.25, 0.3) is 0 Å². The molecule has 1 aromatic carbocycles. The lowest BCUT2D eigenvalue weighted by molar-refractivity contribution is 0.0512. The fourth-order valence-corrected chi connectivity index (χ4v) is 3.17. The number of nitrogens with zero attached hydrogens (tertiary/aromatic N) is 2. The van der Waals surface area contributed by atoms with Gasteiger partial charge >= 0.3 is 17.9 Å². The predicted molar refractivity (Wildman–Crippen MR) is 102 cm³/mol. The second-order valence-electron chi connectivity index (χ2n) is 6.25. The Bertz CT molecular complexity index is 929. The average Bonchev–Trinajstić information content (AvgIpc) is 2.99. The zero-order valence-electron chi connectivity index (χ0n) is 16.4. The second kappa shape index (κ2) is 8.69. The number of rotatable bonds is 8. The Kier molecular flexibility index (Phi) is 6.56. The highest BCUT2D eigenvalue weighted by Crippen LogP contribution is 2.29. The van der Waals surface area contributed by atoms with Gasteiger partial charge in [-0.1, -0.05) is 19.9 Å². The van der Waals surface area contributed by atoms with Crippen LogP contribution in [0, 0.1) is 6.92 Å². The van der Waals surface area contributed by atoms with Crippen LogP contribution in [0.3, 0.4) is 0 Å². The summed E-state index contributed by atoms with van der Waals surface area (Å²) >= 11 is 0. The van der Waals surface area contributed by atoms with Crippen molar-refractivity contribution in [3.63, 3.8) is 0 Å². The van der Waals surface area contributed by atoms with Crippen LogP contribution in [-0.2, 0) is 17.6 Å². The Morgan fingerprint density at radius 1 is 1.11 bits per heavy atom. The number of benzene rings is 1. The summed E-state index contributed by atoms with van der Waals surface area (Å²) in [7, 11) is 0. The van der Waals surface area contributed by atoms with Crippen LogP contribution < -0.4 is 0 Å². The third-order valence-corrected chi connectivity index (χ3v) is 4.35. The molecule has 8 nitrogen and oxygen atoms in total. The Morgan fingerprint density at radius 2 is 1.79 bits per heavy atom. The van der Waals surface area contributed by atoms with E-state index in [-0.39, 0.29) is 29.1 Å². The number of hydrogen-bond acceptors (Lipinski definition) is 5. The van der Waals surface area contributed by atoms with Crippen LogP contribution in [0.2, 0.25) is 0 Å². The Hall–Kier alpha value is -3.16. The van der Waals surface area contributed by atoms with Crippen molar-refractivity contribution in [2.75, 3.05) is 6.61 Å². The standard InChI is InChI=1S/C20H24N2O6/c1-5-8-14-21-13(6-2)17(20(27)28-7-3)22(14)16-12(18(23)24)10-9-11(4)15(16)19(25)26/h9-10H,5-8H2,1-4H3,(H,23,24)(H,25,26). The lowest BCUT2D eigenvalue weighted by Gasteiger charge is -2.18. The van der Waals surface area contributed by atoms with Gasteiger partial charge in [-0.15, -0.1) is 0 Å². The van der Waals surface area contributed by atoms with Crippen molar-refractivity contribution in [2.24, 2.45) is 0 Å². The summed E-state index contributed by atoms with van der Waals surface area (Å²) in [5, 5.41) is 19.5. The molecular formula is C20H24N2O6. The summed E-state index contributed by atoms with van der Waals surface area (Å²) in [6.07, 6.45) is 1.53. The summed E-state index contributed by atoms with van der Waals surface area (Å²) in [5.74, 6) is -2.80. The van der Waals surface area contributed by atoms with Crippen LogP contribution in [0.25, 0.3) is 5.69 Å². The summed E-state index contributed by atoms with van der Waals surface area (Å²) in [5.41, 5.74) is 0.434. The number of aromatic carboxylic acids is 2. The molecular weight excluding hydrogens is 364 g/mol. The third-order valence-electron chi connectivity index (χ3n) is 4.35. The number of esters is 1. The van der Waals surface area contributed by atoms with E-state index in [9.17, 15) is 24.6 Å². The van der Waals surface area contributed by atoms with Gasteiger partial charge in [-0.05, 0) is 38.3 Å². The van der Waals surface area contributed by atoms with E-state index in [1.54, 1.807) is 13.8 Å². The van der Waals surface area contributed by atoms with Crippen molar-refractivity contribution in [3.8, 4) is 5.69 Å². The number of aryl methyl sites for hydroxylation is 3. The molecule has 0 saturated heterocycles. The number of hydrogen-bond donors (Lipinski definition) is 2. The average molecular weight is 388 g/mol. The molecule has 0 bridgehead atoms. The van der Waals surface area contributed by atoms with Crippen molar-refractivity contribution in [1.29, 1.82) is 0 Å². The molecule has 0 aliphatic heterocycles. The summed E-state index contributed by atoms with van der Waals surface area (Å²) in [4.78, 5) is 41.1. The normalized spacial score (nSPS) is 10.7. The zero-order valence-corrected chi connectivity index (χ0v) is 16.4. The summed E-state index contributed by atoms with van der Waals surface area (Å²) in [6, 6.07) is 2.79. The quantitative estimate of drug-likeness (QED) is 0.666. The largest absolute Gasteiger partial charge is 0.478 e. The molecule has 1 heterocycles. The number of carboxylic acids is 2. The molecule has 2 rings (SSSR count). The van der Waals surface area contributed by atoms with Gasteiger partial charge in [0.15, 0.2) is 5.69 Å². The minimum absolute atomic E-state index is 0.0706. The highest BCUT2D eigenvalue weighted by molar-refractivity contribution is 6.02. The maximum absolute atomic E-state index is 12.7. The third kappa shape index (κ3) is 3.76. The first-order valence-electron chi connectivity index (χ1n) is 9.16. The minimum Gasteiger partial charge on any atom is -0.478 e. The van der Waals surface area contributed by atoms with Crippen molar-refractivity contribution >= 4 is 17.9 Å². The van der Waals surface area contributed by atoms with Crippen molar-refractivity contribution in [1.82, 2.24) is 9.55 Å². The predicted octanol–water partition coefficient (Wildman–Crippen LogP) is 3.27. The highest BCUT2D eigenvalue weighted by atomic mass is 16.5. The maximum Gasteiger partial charge on any atom is 0.357 e. The number of imidazole rings is 1. The van der Waals surface area contributed by atoms with E-state index in [1.165, 1.54) is 16.7 Å². The smallest absolute Gasteiger partial charge is 0.357 e. The molecule has 0 aliphatic rings. The van der Waals surface area contributed by atoms with Crippen LogP contribution in [0.15, 0.2) is 12.1 Å². The van der Waals surface area contributed by atoms with E-state index >= 15 is 0 Å². The second-order valence-corrected chi connectivity index (χ2v) is 6.25. The van der Waals surface area contributed by atoms with Crippen molar-refractivity contribution in [3.05, 3.63) is 46.0 Å². The van der Waals surface area contributed by atoms with Crippen LogP contribution in [0.1, 0.15) is 75.5 Å². The lowest BCUT2D eigenvalue weighted by Crippen LogP contribution is -2.20. The van der Waals surface area contributed by atoms with Crippen molar-refractivity contribution in [2.45, 2.75) is 47.0 Å². The van der Waals surface area contributed by atoms with E-state index < -0.39 is 17.9 Å². The molecule has 0 amide bonds. The Balaban J connectivity index is 3.03. The van der Waals surface area contributed by atoms with Gasteiger partial charge in [-0.25, -0.2) is 19.4 Å². The van der Waals surface area contributed by atoms with Crippen LogP contribution in [-0.4, -0.2) is 44.3 Å². The van der Waals surface area contributed by atoms with Gasteiger partial charge in [-0.3, -0.25) is 4.57 Å². The number of ether oxygens (including phenoxy) is 1. The number of carbonyl (C=O) groups is 3. The minimum atomic E-state index is -1.29. The van der Waals surface area contributed by atoms with Gasteiger partial charge in [-0.2, -0.15) is 0 Å². The SMILES string of the molecule is CCCc1nc(CC)c(C(=O)OCC)n1-c1c(C(=O)O)ccc(C)c1C(=O)O. The fourth-order valence-electron chi connectivity index (χ4n) is 3.17. The van der Waals surface area contributed by atoms with E-state index in [2.05, 4.69) is 4.98 Å². The number of carbonyl (C=O) groups excluding carboxylic acids is 1. The van der Waals surface area contributed by atoms with E-state index in [4.69, 9.17) is 4.74 Å². The molecule has 28 heavy (non-hydrogen) atoms. The highest BCUT2D eigenvalue weighted by Gasteiger charge is 2.30. The van der Waals surface area contributed by atoms with Gasteiger partial charge in [0, 0.05) is 6.42 Å². The molecule has 0 spiro atoms. The first-order valence-corrected chi connectivity index (χ1v) is 9.16. The molecule has 1 aromatic heterocycles. The van der Waals surface area contributed by atoms with E-state index in [0.29, 0.717) is 36.3 Å². The first-order chi connectivity index (χ1) is 13.3. The van der Waals surface area contributed by atoms with Gasteiger partial charge in [0.1, 0.15) is 5.82 Å². The van der Waals surface area contributed by atoms with E-state index in [1.807, 2.05) is 13.8 Å². The maximum atomic E-state index is 12.7. The molecule has 2 N–H and O–H groups in total. The van der Waals surface area contributed by atoms with Gasteiger partial charge in [0.2, 0.25) is 0 Å². The molecule has 0 saturated carbocycles. The molecule has 0 radical (unpaired) electrons. The first kappa shape index (κ1) is 21.1. The number of aromatic nitrogens is 2. The molecule has 150 valence electrons. The molecule has 0 atom stereocenters. The van der Waals surface area contributed by atoms with Gasteiger partial charge < -0.3 is 14.9 Å². The molecule has 0 unspecified atom stereocenters. The van der Waals surface area contributed by atoms with Crippen LogP contribution >= 0.6 is 0 Å². The number of carboxylic acid groups (broad SMARTS) is 2.